The topological polar surface area (TPSA) is 66.6 Å². The summed E-state index contributed by atoms with van der Waals surface area (Å²) in [5, 5.41) is 4.52. The molecule has 0 radical (unpaired) electrons. The molecule has 0 spiro atoms. The number of carbonyl (C=O) groups is 1. The van der Waals surface area contributed by atoms with Crippen molar-refractivity contribution >= 4 is 11.6 Å². The number of piperazine rings is 1. The van der Waals surface area contributed by atoms with Crippen LogP contribution in [0.3, 0.4) is 0 Å². The minimum atomic E-state index is -0.299. The first-order chi connectivity index (χ1) is 15.2. The van der Waals surface area contributed by atoms with Crippen molar-refractivity contribution in [1.29, 1.82) is 0 Å². The van der Waals surface area contributed by atoms with Crippen molar-refractivity contribution in [3.8, 4) is 11.3 Å². The van der Waals surface area contributed by atoms with Crippen molar-refractivity contribution in [3.05, 3.63) is 84.2 Å². The van der Waals surface area contributed by atoms with Crippen LogP contribution in [0.1, 0.15) is 16.2 Å². The first-order valence-electron chi connectivity index (χ1n) is 10.2. The molecule has 0 bridgehead atoms. The second-order valence-electron chi connectivity index (χ2n) is 7.53. The van der Waals surface area contributed by atoms with Gasteiger partial charge in [-0.15, -0.1) is 0 Å². The summed E-state index contributed by atoms with van der Waals surface area (Å²) >= 11 is 0. The number of pyridine rings is 1. The van der Waals surface area contributed by atoms with Crippen LogP contribution in [0.15, 0.2) is 67.0 Å². The molecule has 31 heavy (non-hydrogen) atoms. The van der Waals surface area contributed by atoms with Crippen LogP contribution >= 0.6 is 0 Å². The lowest BCUT2D eigenvalue weighted by atomic mass is 10.1. The molecule has 1 aromatic carbocycles. The molecule has 156 valence electrons. The summed E-state index contributed by atoms with van der Waals surface area (Å²) in [5.74, 6) is -0.402. The van der Waals surface area contributed by atoms with Gasteiger partial charge < -0.3 is 4.90 Å². The third kappa shape index (κ3) is 4.02. The van der Waals surface area contributed by atoms with Gasteiger partial charge in [0.25, 0.3) is 5.91 Å². The number of amides is 1. The Hall–Kier alpha value is -3.65. The molecule has 0 saturated carbocycles. The van der Waals surface area contributed by atoms with Gasteiger partial charge in [0.05, 0.1) is 11.4 Å². The highest BCUT2D eigenvalue weighted by molar-refractivity contribution is 5.93. The number of benzene rings is 1. The molecule has 4 heterocycles. The fraction of sp³-hybridized carbons (Fsp3) is 0.217. The largest absolute Gasteiger partial charge is 0.335 e. The Morgan fingerprint density at radius 1 is 0.935 bits per heavy atom. The molecule has 0 N–H and O–H groups in total. The van der Waals surface area contributed by atoms with Gasteiger partial charge in [0.15, 0.2) is 11.3 Å². The van der Waals surface area contributed by atoms with E-state index < -0.39 is 0 Å². The number of aromatic nitrogens is 4. The summed E-state index contributed by atoms with van der Waals surface area (Å²) in [4.78, 5) is 25.9. The van der Waals surface area contributed by atoms with Crippen LogP contribution in [-0.2, 0) is 6.54 Å². The van der Waals surface area contributed by atoms with E-state index in [1.54, 1.807) is 41.2 Å². The maximum Gasteiger partial charge on any atom is 0.274 e. The normalized spacial score (nSPS) is 14.8. The average Bonchev–Trinajstić information content (AvgIpc) is 3.25. The number of hydrogen-bond acceptors (Lipinski definition) is 5. The first-order valence-corrected chi connectivity index (χ1v) is 10.2. The van der Waals surface area contributed by atoms with Gasteiger partial charge in [0.1, 0.15) is 5.82 Å². The van der Waals surface area contributed by atoms with Gasteiger partial charge in [-0.25, -0.2) is 13.9 Å². The van der Waals surface area contributed by atoms with Crippen LogP contribution in [0.4, 0.5) is 4.39 Å². The van der Waals surface area contributed by atoms with E-state index in [0.29, 0.717) is 24.4 Å². The van der Waals surface area contributed by atoms with Gasteiger partial charge in [0.2, 0.25) is 0 Å². The molecule has 3 aromatic heterocycles. The highest BCUT2D eigenvalue weighted by Gasteiger charge is 2.24. The Kier molecular flexibility index (Phi) is 5.13. The number of hydrogen-bond donors (Lipinski definition) is 0. The SMILES string of the molecule is O=C(c1cc2nccc(-c3ccc(F)cc3)n2n1)N1CCN(Cc2ccccn2)CC1. The molecule has 5 rings (SSSR count). The quantitative estimate of drug-likeness (QED) is 0.512. The number of halogens is 1. The lowest BCUT2D eigenvalue weighted by Gasteiger charge is -2.34. The monoisotopic (exact) mass is 416 g/mol. The number of rotatable bonds is 4. The number of fused-ring (bicyclic) bond motifs is 1. The van der Waals surface area contributed by atoms with Crippen molar-refractivity contribution in [1.82, 2.24) is 29.4 Å². The molecule has 1 aliphatic heterocycles. The van der Waals surface area contributed by atoms with Crippen molar-refractivity contribution in [2.75, 3.05) is 26.2 Å². The smallest absolute Gasteiger partial charge is 0.274 e. The second-order valence-corrected chi connectivity index (χ2v) is 7.53. The van der Waals surface area contributed by atoms with E-state index in [1.807, 2.05) is 23.1 Å². The van der Waals surface area contributed by atoms with Crippen LogP contribution in [0.5, 0.6) is 0 Å². The minimum absolute atomic E-state index is 0.104. The minimum Gasteiger partial charge on any atom is -0.335 e. The predicted molar refractivity (Wildman–Crippen MR) is 114 cm³/mol. The Labute approximate surface area is 178 Å². The van der Waals surface area contributed by atoms with Crippen LogP contribution in [0, 0.1) is 5.82 Å². The molecule has 7 nitrogen and oxygen atoms in total. The van der Waals surface area contributed by atoms with E-state index in [2.05, 4.69) is 20.0 Å². The third-order valence-electron chi connectivity index (χ3n) is 5.49. The van der Waals surface area contributed by atoms with E-state index in [0.717, 1.165) is 36.6 Å². The zero-order valence-corrected chi connectivity index (χ0v) is 16.9. The number of carbonyl (C=O) groups excluding carboxylic acids is 1. The molecule has 1 saturated heterocycles. The maximum absolute atomic E-state index is 13.3. The van der Waals surface area contributed by atoms with E-state index in [-0.39, 0.29) is 11.7 Å². The van der Waals surface area contributed by atoms with Crippen LogP contribution in [-0.4, -0.2) is 61.5 Å². The number of nitrogens with zero attached hydrogens (tertiary/aromatic N) is 6. The fourth-order valence-electron chi connectivity index (χ4n) is 3.83. The van der Waals surface area contributed by atoms with Gasteiger partial charge >= 0.3 is 0 Å². The first kappa shape index (κ1) is 19.3. The summed E-state index contributed by atoms with van der Waals surface area (Å²) in [6.45, 7) is 3.63. The van der Waals surface area contributed by atoms with E-state index >= 15 is 0 Å². The van der Waals surface area contributed by atoms with Gasteiger partial charge in [-0.1, -0.05) is 6.07 Å². The van der Waals surface area contributed by atoms with Crippen molar-refractivity contribution < 1.29 is 9.18 Å². The Bertz CT molecular complexity index is 1200. The standard InChI is InChI=1S/C23H21FN6O/c24-18-6-4-17(5-7-18)21-8-10-26-22-15-20(27-30(21)22)23(31)29-13-11-28(12-14-29)16-19-3-1-2-9-25-19/h1-10,15H,11-14,16H2. The summed E-state index contributed by atoms with van der Waals surface area (Å²) in [5.41, 5.74) is 3.53. The maximum atomic E-state index is 13.3. The second kappa shape index (κ2) is 8.23. The predicted octanol–water partition coefficient (Wildman–Crippen LogP) is 2.89. The fourth-order valence-corrected chi connectivity index (χ4v) is 3.83. The van der Waals surface area contributed by atoms with Crippen molar-refractivity contribution in [2.45, 2.75) is 6.54 Å². The Morgan fingerprint density at radius 3 is 2.48 bits per heavy atom. The summed E-state index contributed by atoms with van der Waals surface area (Å²) in [7, 11) is 0. The van der Waals surface area contributed by atoms with Crippen molar-refractivity contribution in [2.24, 2.45) is 0 Å². The molecule has 4 aromatic rings. The molecular weight excluding hydrogens is 395 g/mol. The molecule has 1 fully saturated rings. The van der Waals surface area contributed by atoms with Crippen molar-refractivity contribution in [3.63, 3.8) is 0 Å². The molecule has 0 atom stereocenters. The molecule has 0 aliphatic carbocycles. The van der Waals surface area contributed by atoms with Gasteiger partial charge in [-0.05, 0) is 42.5 Å². The third-order valence-corrected chi connectivity index (χ3v) is 5.49. The van der Waals surface area contributed by atoms with Crippen LogP contribution < -0.4 is 0 Å². The van der Waals surface area contributed by atoms with Crippen LogP contribution in [0.2, 0.25) is 0 Å². The summed E-state index contributed by atoms with van der Waals surface area (Å²) in [6, 6.07) is 15.6. The van der Waals surface area contributed by atoms with E-state index in [4.69, 9.17) is 0 Å². The molecule has 1 amide bonds. The zero-order chi connectivity index (χ0) is 21.2. The molecule has 1 aliphatic rings. The van der Waals surface area contributed by atoms with Gasteiger partial charge in [-0.2, -0.15) is 5.10 Å². The van der Waals surface area contributed by atoms with Gasteiger partial charge in [0, 0.05) is 56.7 Å². The molecule has 8 heteroatoms. The average molecular weight is 416 g/mol. The highest BCUT2D eigenvalue weighted by atomic mass is 19.1. The van der Waals surface area contributed by atoms with E-state index in [9.17, 15) is 9.18 Å². The lowest BCUT2D eigenvalue weighted by Crippen LogP contribution is -2.48. The Morgan fingerprint density at radius 2 is 1.74 bits per heavy atom. The molecular formula is C23H21FN6O. The lowest BCUT2D eigenvalue weighted by molar-refractivity contribution is 0.0621. The Balaban J connectivity index is 1.31. The summed E-state index contributed by atoms with van der Waals surface area (Å²) < 4.78 is 14.9. The van der Waals surface area contributed by atoms with E-state index in [1.165, 1.54) is 12.1 Å². The zero-order valence-electron chi connectivity index (χ0n) is 16.9. The molecule has 0 unspecified atom stereocenters. The summed E-state index contributed by atoms with van der Waals surface area (Å²) in [6.07, 6.45) is 3.47. The van der Waals surface area contributed by atoms with Crippen LogP contribution in [0.25, 0.3) is 16.9 Å². The van der Waals surface area contributed by atoms with Gasteiger partial charge in [-0.3, -0.25) is 14.7 Å². The highest BCUT2D eigenvalue weighted by Crippen LogP contribution is 2.21.